The lowest BCUT2D eigenvalue weighted by molar-refractivity contribution is -0.138. The lowest BCUT2D eigenvalue weighted by Crippen LogP contribution is -2.12. The zero-order valence-electron chi connectivity index (χ0n) is 15.6. The molecular formula is C19H17F3N4O3. The number of hydrogen-bond donors (Lipinski definition) is 0. The first-order valence-corrected chi connectivity index (χ1v) is 8.65. The van der Waals surface area contributed by atoms with Gasteiger partial charge in [-0.1, -0.05) is 18.2 Å². The summed E-state index contributed by atoms with van der Waals surface area (Å²) in [7, 11) is 0. The van der Waals surface area contributed by atoms with E-state index >= 15 is 0 Å². The van der Waals surface area contributed by atoms with Gasteiger partial charge in [0.2, 0.25) is 5.88 Å². The van der Waals surface area contributed by atoms with Crippen LogP contribution in [-0.2, 0) is 17.5 Å². The van der Waals surface area contributed by atoms with E-state index in [-0.39, 0.29) is 11.1 Å². The van der Waals surface area contributed by atoms with Crippen molar-refractivity contribution in [3.05, 3.63) is 65.0 Å². The van der Waals surface area contributed by atoms with Gasteiger partial charge in [0, 0.05) is 11.6 Å². The Kier molecular flexibility index (Phi) is 5.81. The van der Waals surface area contributed by atoms with E-state index in [1.807, 2.05) is 6.92 Å². The summed E-state index contributed by atoms with van der Waals surface area (Å²) in [5, 5.41) is 12.0. The Hall–Kier alpha value is -3.43. The van der Waals surface area contributed by atoms with Crippen molar-refractivity contribution in [2.45, 2.75) is 26.6 Å². The van der Waals surface area contributed by atoms with Gasteiger partial charge in [-0.2, -0.15) is 18.3 Å². The van der Waals surface area contributed by atoms with Crippen LogP contribution in [0, 0.1) is 6.92 Å². The summed E-state index contributed by atoms with van der Waals surface area (Å²) in [5.41, 5.74) is -0.441. The van der Waals surface area contributed by atoms with Gasteiger partial charge in [-0.15, -0.1) is 10.2 Å². The van der Waals surface area contributed by atoms with Crippen LogP contribution in [0.15, 0.2) is 42.6 Å². The minimum Gasteiger partial charge on any atom is -0.477 e. The van der Waals surface area contributed by atoms with Crippen molar-refractivity contribution in [1.29, 1.82) is 0 Å². The van der Waals surface area contributed by atoms with Gasteiger partial charge in [-0.05, 0) is 26.0 Å². The second-order valence-electron chi connectivity index (χ2n) is 5.95. The van der Waals surface area contributed by atoms with Crippen LogP contribution in [0.1, 0.15) is 34.1 Å². The average molecular weight is 406 g/mol. The number of carbonyl (C=O) groups is 1. The second kappa shape index (κ2) is 8.29. The summed E-state index contributed by atoms with van der Waals surface area (Å²) in [4.78, 5) is 12.4. The van der Waals surface area contributed by atoms with Crippen molar-refractivity contribution in [3.8, 4) is 11.7 Å². The molecule has 0 saturated heterocycles. The molecule has 0 aliphatic carbocycles. The van der Waals surface area contributed by atoms with Crippen molar-refractivity contribution in [3.63, 3.8) is 0 Å². The molecule has 0 N–H and O–H groups in total. The summed E-state index contributed by atoms with van der Waals surface area (Å²) < 4.78 is 50.8. The number of aromatic nitrogens is 4. The van der Waals surface area contributed by atoms with Gasteiger partial charge in [-0.25, -0.2) is 9.48 Å². The third-order valence-corrected chi connectivity index (χ3v) is 4.05. The van der Waals surface area contributed by atoms with Crippen LogP contribution in [-0.4, -0.2) is 32.6 Å². The smallest absolute Gasteiger partial charge is 0.416 e. The van der Waals surface area contributed by atoms with Gasteiger partial charge >= 0.3 is 12.1 Å². The van der Waals surface area contributed by atoms with Crippen molar-refractivity contribution in [2.75, 3.05) is 6.61 Å². The van der Waals surface area contributed by atoms with E-state index in [0.29, 0.717) is 24.0 Å². The predicted octanol–water partition coefficient (Wildman–Crippen LogP) is 3.75. The first-order valence-electron chi connectivity index (χ1n) is 8.65. The molecule has 7 nitrogen and oxygen atoms in total. The monoisotopic (exact) mass is 406 g/mol. The molecule has 29 heavy (non-hydrogen) atoms. The molecule has 0 amide bonds. The highest BCUT2D eigenvalue weighted by Gasteiger charge is 2.33. The Bertz CT molecular complexity index is 1000. The van der Waals surface area contributed by atoms with Crippen LogP contribution >= 0.6 is 0 Å². The highest BCUT2D eigenvalue weighted by Crippen LogP contribution is 2.32. The Morgan fingerprint density at radius 3 is 2.55 bits per heavy atom. The van der Waals surface area contributed by atoms with E-state index < -0.39 is 24.3 Å². The van der Waals surface area contributed by atoms with Crippen molar-refractivity contribution in [2.24, 2.45) is 0 Å². The molecule has 10 heteroatoms. The van der Waals surface area contributed by atoms with Crippen molar-refractivity contribution in [1.82, 2.24) is 20.0 Å². The largest absolute Gasteiger partial charge is 0.477 e. The van der Waals surface area contributed by atoms with Gasteiger partial charge in [0.15, 0.2) is 5.82 Å². The van der Waals surface area contributed by atoms with Gasteiger partial charge in [0.1, 0.15) is 12.2 Å². The van der Waals surface area contributed by atoms with Crippen LogP contribution in [0.3, 0.4) is 0 Å². The number of halogens is 3. The fraction of sp³-hybridized carbons (Fsp3) is 0.263. The van der Waals surface area contributed by atoms with E-state index in [9.17, 15) is 18.0 Å². The average Bonchev–Trinajstić information content (AvgIpc) is 3.08. The molecule has 3 aromatic rings. The van der Waals surface area contributed by atoms with E-state index in [0.717, 1.165) is 6.07 Å². The Labute approximate surface area is 164 Å². The SMILES string of the molecule is CCOc1ccc(-n2ncc(C(=O)OCc3ccccc3C(F)(F)F)c2C)nn1. The van der Waals surface area contributed by atoms with Crippen LogP contribution in [0.5, 0.6) is 5.88 Å². The zero-order valence-corrected chi connectivity index (χ0v) is 15.6. The number of ether oxygens (including phenoxy) is 2. The lowest BCUT2D eigenvalue weighted by Gasteiger charge is -2.12. The van der Waals surface area contributed by atoms with Crippen molar-refractivity contribution < 1.29 is 27.4 Å². The molecule has 0 fully saturated rings. The maximum atomic E-state index is 13.1. The van der Waals surface area contributed by atoms with Crippen LogP contribution < -0.4 is 4.74 Å². The molecule has 0 radical (unpaired) electrons. The highest BCUT2D eigenvalue weighted by molar-refractivity contribution is 5.90. The topological polar surface area (TPSA) is 79.1 Å². The number of esters is 1. The summed E-state index contributed by atoms with van der Waals surface area (Å²) >= 11 is 0. The van der Waals surface area contributed by atoms with Crippen LogP contribution in [0.25, 0.3) is 5.82 Å². The number of rotatable bonds is 6. The molecule has 3 rings (SSSR count). The quantitative estimate of drug-likeness (QED) is 0.580. The normalized spacial score (nSPS) is 11.3. The van der Waals surface area contributed by atoms with E-state index in [4.69, 9.17) is 9.47 Å². The first kappa shape index (κ1) is 20.3. The number of nitrogens with zero attached hydrogens (tertiary/aromatic N) is 4. The minimum atomic E-state index is -4.53. The molecule has 2 heterocycles. The molecule has 0 bridgehead atoms. The molecule has 0 unspecified atom stereocenters. The first-order chi connectivity index (χ1) is 13.8. The Morgan fingerprint density at radius 2 is 1.90 bits per heavy atom. The van der Waals surface area contributed by atoms with Crippen molar-refractivity contribution >= 4 is 5.97 Å². The highest BCUT2D eigenvalue weighted by atomic mass is 19.4. The second-order valence-corrected chi connectivity index (χ2v) is 5.95. The standard InChI is InChI=1S/C19H17F3N4O3/c1-3-28-17-9-8-16(24-25-17)26-12(2)14(10-23-26)18(27)29-11-13-6-4-5-7-15(13)19(20,21)22/h4-10H,3,11H2,1-2H3. The predicted molar refractivity (Wildman–Crippen MR) is 95.6 cm³/mol. The maximum Gasteiger partial charge on any atom is 0.416 e. The lowest BCUT2D eigenvalue weighted by atomic mass is 10.1. The zero-order chi connectivity index (χ0) is 21.0. The Balaban J connectivity index is 1.75. The fourth-order valence-corrected chi connectivity index (χ4v) is 2.64. The molecule has 0 aliphatic rings. The fourth-order valence-electron chi connectivity index (χ4n) is 2.64. The van der Waals surface area contributed by atoms with Gasteiger partial charge in [-0.3, -0.25) is 0 Å². The molecule has 0 atom stereocenters. The third kappa shape index (κ3) is 4.53. The van der Waals surface area contributed by atoms with E-state index in [2.05, 4.69) is 15.3 Å². The summed E-state index contributed by atoms with van der Waals surface area (Å²) in [5.74, 6) is -0.0823. The summed E-state index contributed by atoms with van der Waals surface area (Å²) in [6.45, 7) is 3.37. The Morgan fingerprint density at radius 1 is 1.14 bits per heavy atom. The molecule has 0 spiro atoms. The van der Waals surface area contributed by atoms with E-state index in [1.54, 1.807) is 19.1 Å². The number of benzene rings is 1. The summed E-state index contributed by atoms with van der Waals surface area (Å²) in [6, 6.07) is 8.16. The van der Waals surface area contributed by atoms with Crippen LogP contribution in [0.2, 0.25) is 0 Å². The molecule has 152 valence electrons. The number of alkyl halides is 3. The molecular weight excluding hydrogens is 389 g/mol. The molecule has 0 aliphatic heterocycles. The van der Waals surface area contributed by atoms with Gasteiger partial charge in [0.05, 0.1) is 24.1 Å². The number of hydrogen-bond acceptors (Lipinski definition) is 6. The molecule has 1 aromatic carbocycles. The maximum absolute atomic E-state index is 13.1. The van der Waals surface area contributed by atoms with Gasteiger partial charge in [0.25, 0.3) is 0 Å². The van der Waals surface area contributed by atoms with Crippen LogP contribution in [0.4, 0.5) is 13.2 Å². The summed E-state index contributed by atoms with van der Waals surface area (Å²) in [6.07, 6.45) is -3.26. The minimum absolute atomic E-state index is 0.116. The third-order valence-electron chi connectivity index (χ3n) is 4.05. The van der Waals surface area contributed by atoms with E-state index in [1.165, 1.54) is 29.1 Å². The molecule has 2 aromatic heterocycles. The molecule has 0 saturated carbocycles. The number of carbonyl (C=O) groups excluding carboxylic acids is 1. The van der Waals surface area contributed by atoms with Gasteiger partial charge < -0.3 is 9.47 Å².